The van der Waals surface area contributed by atoms with Crippen LogP contribution in [-0.4, -0.2) is 58.4 Å². The zero-order valence-electron chi connectivity index (χ0n) is 18.6. The molecule has 1 aliphatic rings. The molecule has 7 nitrogen and oxygen atoms in total. The Labute approximate surface area is 187 Å². The van der Waals surface area contributed by atoms with Gasteiger partial charge in [-0.3, -0.25) is 14.4 Å². The van der Waals surface area contributed by atoms with Gasteiger partial charge in [0.05, 0.1) is 25.6 Å². The van der Waals surface area contributed by atoms with Crippen molar-refractivity contribution in [3.63, 3.8) is 0 Å². The smallest absolute Gasteiger partial charge is 0.306 e. The first kappa shape index (κ1) is 23.5. The number of halogens is 1. The molecule has 1 aromatic carbocycles. The van der Waals surface area contributed by atoms with E-state index in [1.165, 1.54) is 17.0 Å². The Kier molecular flexibility index (Phi) is 8.03. The van der Waals surface area contributed by atoms with Gasteiger partial charge in [0.2, 0.25) is 11.8 Å². The molecule has 32 heavy (non-hydrogen) atoms. The zero-order chi connectivity index (χ0) is 23.1. The van der Waals surface area contributed by atoms with Crippen molar-refractivity contribution in [2.75, 3.05) is 26.2 Å². The lowest BCUT2D eigenvalue weighted by molar-refractivity contribution is -0.146. The van der Waals surface area contributed by atoms with E-state index in [0.717, 1.165) is 5.69 Å². The number of hydrogen-bond acceptors (Lipinski definition) is 4. The quantitative estimate of drug-likeness (QED) is 0.558. The molecular formula is C24H30FN3O4. The van der Waals surface area contributed by atoms with Crippen LogP contribution in [0.5, 0.6) is 0 Å². The molecule has 0 aliphatic carbocycles. The molecule has 2 aromatic rings. The molecular weight excluding hydrogens is 413 g/mol. The van der Waals surface area contributed by atoms with Crippen molar-refractivity contribution < 1.29 is 23.5 Å². The van der Waals surface area contributed by atoms with E-state index < -0.39 is 12.0 Å². The Balaban J connectivity index is 1.77. The molecule has 0 N–H and O–H groups in total. The number of ether oxygens (including phenoxy) is 1. The predicted octanol–water partition coefficient (Wildman–Crippen LogP) is 3.14. The van der Waals surface area contributed by atoms with Gasteiger partial charge in [-0.15, -0.1) is 0 Å². The van der Waals surface area contributed by atoms with E-state index in [0.29, 0.717) is 31.6 Å². The van der Waals surface area contributed by atoms with Crippen molar-refractivity contribution in [3.8, 4) is 0 Å². The largest absolute Gasteiger partial charge is 0.466 e. The number of rotatable bonds is 9. The van der Waals surface area contributed by atoms with Gasteiger partial charge in [0.25, 0.3) is 0 Å². The summed E-state index contributed by atoms with van der Waals surface area (Å²) < 4.78 is 20.9. The molecule has 0 saturated carbocycles. The Hall–Kier alpha value is -3.16. The first-order valence-electron chi connectivity index (χ1n) is 11.1. The fourth-order valence-electron chi connectivity index (χ4n) is 4.10. The van der Waals surface area contributed by atoms with Crippen LogP contribution in [0.25, 0.3) is 0 Å². The second-order valence-corrected chi connectivity index (χ2v) is 7.79. The third-order valence-corrected chi connectivity index (χ3v) is 5.54. The van der Waals surface area contributed by atoms with Crippen molar-refractivity contribution in [3.05, 3.63) is 59.7 Å². The average Bonchev–Trinajstić information content (AvgIpc) is 3.25. The minimum Gasteiger partial charge on any atom is -0.466 e. The SMILES string of the molecule is CCCN(CC(=O)N1CCn2cccc2C1c1cccc(F)c1)C(=O)CCC(=O)OCC. The number of aromatic nitrogens is 1. The summed E-state index contributed by atoms with van der Waals surface area (Å²) in [7, 11) is 0. The van der Waals surface area contributed by atoms with E-state index in [1.54, 1.807) is 17.9 Å². The minimum atomic E-state index is -0.430. The summed E-state index contributed by atoms with van der Waals surface area (Å²) in [4.78, 5) is 40.9. The molecule has 8 heteroatoms. The number of amides is 2. The van der Waals surface area contributed by atoms with Crippen LogP contribution in [0.15, 0.2) is 42.6 Å². The molecule has 0 saturated heterocycles. The van der Waals surface area contributed by atoms with Crippen LogP contribution in [0.4, 0.5) is 4.39 Å². The van der Waals surface area contributed by atoms with Crippen molar-refractivity contribution in [1.29, 1.82) is 0 Å². The monoisotopic (exact) mass is 443 g/mol. The summed E-state index contributed by atoms with van der Waals surface area (Å²) in [6, 6.07) is 9.69. The highest BCUT2D eigenvalue weighted by atomic mass is 19.1. The Bertz CT molecular complexity index is 958. The summed E-state index contributed by atoms with van der Waals surface area (Å²) in [6.07, 6.45) is 2.63. The number of carbonyl (C=O) groups excluding carboxylic acids is 3. The van der Waals surface area contributed by atoms with Crippen LogP contribution >= 0.6 is 0 Å². The van der Waals surface area contributed by atoms with Gasteiger partial charge in [-0.2, -0.15) is 0 Å². The second kappa shape index (κ2) is 10.9. The molecule has 1 aromatic heterocycles. The topological polar surface area (TPSA) is 71.9 Å². The maximum absolute atomic E-state index is 14.0. The molecule has 2 heterocycles. The van der Waals surface area contributed by atoms with Crippen molar-refractivity contribution in [2.45, 2.75) is 45.7 Å². The Morgan fingerprint density at radius 2 is 1.94 bits per heavy atom. The van der Waals surface area contributed by atoms with Gasteiger partial charge in [-0.25, -0.2) is 4.39 Å². The average molecular weight is 444 g/mol. The van der Waals surface area contributed by atoms with Crippen LogP contribution in [-0.2, 0) is 25.7 Å². The molecule has 1 unspecified atom stereocenters. The molecule has 0 bridgehead atoms. The van der Waals surface area contributed by atoms with E-state index in [1.807, 2.05) is 31.3 Å². The predicted molar refractivity (Wildman–Crippen MR) is 117 cm³/mol. The summed E-state index contributed by atoms with van der Waals surface area (Å²) in [6.45, 7) is 5.33. The zero-order valence-corrected chi connectivity index (χ0v) is 18.6. The number of benzene rings is 1. The fourth-order valence-corrected chi connectivity index (χ4v) is 4.10. The van der Waals surface area contributed by atoms with E-state index in [2.05, 4.69) is 4.57 Å². The van der Waals surface area contributed by atoms with Gasteiger partial charge in [-0.1, -0.05) is 19.1 Å². The van der Waals surface area contributed by atoms with Crippen LogP contribution < -0.4 is 0 Å². The summed E-state index contributed by atoms with van der Waals surface area (Å²) in [5.41, 5.74) is 1.60. The summed E-state index contributed by atoms with van der Waals surface area (Å²) in [5.74, 6) is -1.24. The fraction of sp³-hybridized carbons (Fsp3) is 0.458. The van der Waals surface area contributed by atoms with E-state index in [9.17, 15) is 18.8 Å². The number of fused-ring (bicyclic) bond motifs is 1. The van der Waals surface area contributed by atoms with Crippen molar-refractivity contribution in [1.82, 2.24) is 14.4 Å². The molecule has 172 valence electrons. The minimum absolute atomic E-state index is 0.00227. The van der Waals surface area contributed by atoms with Crippen LogP contribution in [0.2, 0.25) is 0 Å². The third-order valence-electron chi connectivity index (χ3n) is 5.54. The van der Waals surface area contributed by atoms with Crippen LogP contribution in [0.3, 0.4) is 0 Å². The highest BCUT2D eigenvalue weighted by Crippen LogP contribution is 2.32. The Morgan fingerprint density at radius 3 is 2.66 bits per heavy atom. The molecule has 0 spiro atoms. The number of hydrogen-bond donors (Lipinski definition) is 0. The van der Waals surface area contributed by atoms with Gasteiger partial charge in [-0.05, 0) is 43.2 Å². The molecule has 2 amide bonds. The van der Waals surface area contributed by atoms with Gasteiger partial charge < -0.3 is 19.1 Å². The third kappa shape index (κ3) is 5.55. The van der Waals surface area contributed by atoms with Gasteiger partial charge >= 0.3 is 5.97 Å². The molecule has 3 rings (SSSR count). The van der Waals surface area contributed by atoms with Gasteiger partial charge in [0.1, 0.15) is 5.82 Å². The second-order valence-electron chi connectivity index (χ2n) is 7.79. The van der Waals surface area contributed by atoms with E-state index in [-0.39, 0.29) is 43.6 Å². The summed E-state index contributed by atoms with van der Waals surface area (Å²) in [5, 5.41) is 0. The van der Waals surface area contributed by atoms with E-state index in [4.69, 9.17) is 4.74 Å². The molecule has 0 fully saturated rings. The molecule has 1 atom stereocenters. The maximum Gasteiger partial charge on any atom is 0.306 e. The lowest BCUT2D eigenvalue weighted by Crippen LogP contribution is -2.48. The highest BCUT2D eigenvalue weighted by Gasteiger charge is 2.33. The lowest BCUT2D eigenvalue weighted by atomic mass is 9.99. The number of esters is 1. The van der Waals surface area contributed by atoms with Crippen LogP contribution in [0.1, 0.15) is 50.4 Å². The Morgan fingerprint density at radius 1 is 1.12 bits per heavy atom. The normalized spacial score (nSPS) is 15.2. The first-order valence-corrected chi connectivity index (χ1v) is 11.1. The summed E-state index contributed by atoms with van der Waals surface area (Å²) >= 11 is 0. The van der Waals surface area contributed by atoms with Crippen molar-refractivity contribution in [2.24, 2.45) is 0 Å². The highest BCUT2D eigenvalue weighted by molar-refractivity contribution is 5.87. The van der Waals surface area contributed by atoms with Gasteiger partial charge in [0.15, 0.2) is 0 Å². The van der Waals surface area contributed by atoms with Crippen molar-refractivity contribution >= 4 is 17.8 Å². The van der Waals surface area contributed by atoms with Gasteiger partial charge in [0, 0.05) is 37.9 Å². The van der Waals surface area contributed by atoms with Crippen LogP contribution in [0, 0.1) is 5.82 Å². The van der Waals surface area contributed by atoms with E-state index >= 15 is 0 Å². The number of carbonyl (C=O) groups is 3. The maximum atomic E-state index is 14.0. The first-order chi connectivity index (χ1) is 15.4. The lowest BCUT2D eigenvalue weighted by Gasteiger charge is -2.38. The standard InChI is InChI=1S/C24H30FN3O4/c1-3-12-27(21(29)10-11-23(31)32-4-2)17-22(30)28-15-14-26-13-6-9-20(26)24(28)18-7-5-8-19(25)16-18/h5-9,13,16,24H,3-4,10-12,14-15,17H2,1-2H3. The number of nitrogens with zero attached hydrogens (tertiary/aromatic N) is 3. The molecule has 1 aliphatic heterocycles. The molecule has 0 radical (unpaired) electrons.